The first-order valence-corrected chi connectivity index (χ1v) is 13.4. The number of hydrogen-bond acceptors (Lipinski definition) is 7. The number of thiazole rings is 1. The molecular weight excluding hydrogens is 506 g/mol. The number of aryl methyl sites for hydroxylation is 1. The molecule has 192 valence electrons. The zero-order chi connectivity index (χ0) is 26.4. The first-order chi connectivity index (χ1) is 19.2. The Bertz CT molecular complexity index is 1680. The minimum Gasteiger partial charge on any atom is -0.385 e. The van der Waals surface area contributed by atoms with Crippen LogP contribution in [-0.2, 0) is 6.54 Å². The average Bonchev–Trinajstić information content (AvgIpc) is 3.66. The third-order valence-electron chi connectivity index (χ3n) is 6.18. The highest BCUT2D eigenvalue weighted by Crippen LogP contribution is 2.34. The number of amides is 1. The van der Waals surface area contributed by atoms with Gasteiger partial charge in [-0.2, -0.15) is 0 Å². The maximum absolute atomic E-state index is 13.5. The Balaban J connectivity index is 1.26. The third-order valence-corrected chi connectivity index (χ3v) is 7.19. The minimum atomic E-state index is -0.291. The number of fused-ring (bicyclic) bond motifs is 1. The fourth-order valence-corrected chi connectivity index (χ4v) is 5.22. The molecule has 9 heteroatoms. The maximum Gasteiger partial charge on any atom is 0.274 e. The SMILES string of the molecule is O=C(Nc1ccccc1-c1nc2cccnc2s1)c1cc(NCCCn2ccnc2)cc(-c2ccccc2)n1. The molecule has 0 radical (unpaired) electrons. The second-order valence-electron chi connectivity index (χ2n) is 8.92. The molecule has 1 amide bonds. The lowest BCUT2D eigenvalue weighted by atomic mass is 10.1. The molecule has 8 nitrogen and oxygen atoms in total. The van der Waals surface area contributed by atoms with Crippen molar-refractivity contribution in [3.05, 3.63) is 109 Å². The van der Waals surface area contributed by atoms with Crippen LogP contribution in [0.15, 0.2) is 104 Å². The van der Waals surface area contributed by atoms with Gasteiger partial charge in [0.15, 0.2) is 0 Å². The summed E-state index contributed by atoms with van der Waals surface area (Å²) in [4.78, 5) is 32.3. The first-order valence-electron chi connectivity index (χ1n) is 12.6. The van der Waals surface area contributed by atoms with Crippen molar-refractivity contribution in [2.45, 2.75) is 13.0 Å². The molecule has 0 aliphatic heterocycles. The summed E-state index contributed by atoms with van der Waals surface area (Å²) in [6.07, 6.45) is 8.20. The summed E-state index contributed by atoms with van der Waals surface area (Å²) in [5, 5.41) is 7.32. The van der Waals surface area contributed by atoms with E-state index in [0.29, 0.717) is 11.4 Å². The van der Waals surface area contributed by atoms with Gasteiger partial charge in [-0.15, -0.1) is 0 Å². The smallest absolute Gasteiger partial charge is 0.274 e. The van der Waals surface area contributed by atoms with E-state index in [1.165, 1.54) is 11.3 Å². The summed E-state index contributed by atoms with van der Waals surface area (Å²) in [6, 6.07) is 25.1. The normalized spacial score (nSPS) is 11.0. The number of imidazole rings is 1. The first kappa shape index (κ1) is 24.4. The quantitative estimate of drug-likeness (QED) is 0.210. The molecule has 0 bridgehead atoms. The Kier molecular flexibility index (Phi) is 7.05. The molecule has 0 aliphatic carbocycles. The molecule has 2 aromatic carbocycles. The number of nitrogens with one attached hydrogen (secondary N) is 2. The Morgan fingerprint density at radius 3 is 2.64 bits per heavy atom. The number of anilines is 2. The van der Waals surface area contributed by atoms with Crippen LogP contribution in [0.5, 0.6) is 0 Å². The third kappa shape index (κ3) is 5.68. The van der Waals surface area contributed by atoms with E-state index in [-0.39, 0.29) is 5.91 Å². The van der Waals surface area contributed by atoms with E-state index in [2.05, 4.69) is 20.6 Å². The highest BCUT2D eigenvalue weighted by atomic mass is 32.1. The summed E-state index contributed by atoms with van der Waals surface area (Å²) in [7, 11) is 0. The van der Waals surface area contributed by atoms with E-state index in [1.54, 1.807) is 18.5 Å². The van der Waals surface area contributed by atoms with Gasteiger partial charge in [0.1, 0.15) is 21.0 Å². The van der Waals surface area contributed by atoms with Gasteiger partial charge in [-0.3, -0.25) is 4.79 Å². The van der Waals surface area contributed by atoms with Crippen LogP contribution in [0.2, 0.25) is 0 Å². The number of rotatable bonds is 9. The van der Waals surface area contributed by atoms with Crippen molar-refractivity contribution >= 4 is 39.0 Å². The number of pyridine rings is 2. The number of benzene rings is 2. The second kappa shape index (κ2) is 11.2. The Labute approximate surface area is 229 Å². The summed E-state index contributed by atoms with van der Waals surface area (Å²) >= 11 is 1.49. The highest BCUT2D eigenvalue weighted by molar-refractivity contribution is 7.21. The summed E-state index contributed by atoms with van der Waals surface area (Å²) in [5.41, 5.74) is 5.18. The van der Waals surface area contributed by atoms with Gasteiger partial charge < -0.3 is 15.2 Å². The molecule has 6 rings (SSSR count). The lowest BCUT2D eigenvalue weighted by molar-refractivity contribution is 0.102. The Morgan fingerprint density at radius 1 is 0.923 bits per heavy atom. The molecule has 4 heterocycles. The van der Waals surface area contributed by atoms with Crippen LogP contribution in [0, 0.1) is 0 Å². The number of carbonyl (C=O) groups excluding carboxylic acids is 1. The van der Waals surface area contributed by atoms with Crippen molar-refractivity contribution in [1.29, 1.82) is 0 Å². The van der Waals surface area contributed by atoms with E-state index < -0.39 is 0 Å². The fraction of sp³-hybridized carbons (Fsp3) is 0.100. The van der Waals surface area contributed by atoms with E-state index in [4.69, 9.17) is 9.97 Å². The molecule has 0 saturated heterocycles. The van der Waals surface area contributed by atoms with Crippen LogP contribution in [-0.4, -0.2) is 37.0 Å². The lowest BCUT2D eigenvalue weighted by Crippen LogP contribution is -2.15. The zero-order valence-corrected chi connectivity index (χ0v) is 21.8. The van der Waals surface area contributed by atoms with Gasteiger partial charge in [0.2, 0.25) is 0 Å². The Hall–Kier alpha value is -4.89. The van der Waals surface area contributed by atoms with Crippen LogP contribution in [0.1, 0.15) is 16.9 Å². The van der Waals surface area contributed by atoms with Gasteiger partial charge in [-0.25, -0.2) is 19.9 Å². The fourth-order valence-electron chi connectivity index (χ4n) is 4.27. The van der Waals surface area contributed by atoms with E-state index in [9.17, 15) is 4.79 Å². The van der Waals surface area contributed by atoms with Gasteiger partial charge in [0, 0.05) is 48.5 Å². The molecule has 4 aromatic heterocycles. The number of hydrogen-bond donors (Lipinski definition) is 2. The average molecular weight is 532 g/mol. The molecular formula is C30H25N7OS. The van der Waals surface area contributed by atoms with Crippen molar-refractivity contribution in [1.82, 2.24) is 24.5 Å². The zero-order valence-electron chi connectivity index (χ0n) is 21.0. The van der Waals surface area contributed by atoms with Crippen LogP contribution in [0.4, 0.5) is 11.4 Å². The van der Waals surface area contributed by atoms with Gasteiger partial charge in [0.25, 0.3) is 5.91 Å². The van der Waals surface area contributed by atoms with E-state index in [0.717, 1.165) is 57.4 Å². The molecule has 0 spiro atoms. The van der Waals surface area contributed by atoms with Crippen molar-refractivity contribution in [3.63, 3.8) is 0 Å². The highest BCUT2D eigenvalue weighted by Gasteiger charge is 2.16. The largest absolute Gasteiger partial charge is 0.385 e. The monoisotopic (exact) mass is 531 g/mol. The van der Waals surface area contributed by atoms with Crippen LogP contribution in [0.25, 0.3) is 32.2 Å². The predicted molar refractivity (Wildman–Crippen MR) is 156 cm³/mol. The standard InChI is InChI=1S/C30H25N7OS/c38-28(35-24-11-5-4-10-23(24)29-36-25-12-6-13-33-30(25)39-29)27-19-22(32-14-7-16-37-17-15-31-20-37)18-26(34-27)21-8-2-1-3-9-21/h1-6,8-13,15,17-20H,7,14,16H2,(H,32,34)(H,35,38). The molecule has 6 aromatic rings. The molecule has 2 N–H and O–H groups in total. The number of para-hydroxylation sites is 1. The van der Waals surface area contributed by atoms with Gasteiger partial charge >= 0.3 is 0 Å². The van der Waals surface area contributed by atoms with Crippen molar-refractivity contribution in [2.24, 2.45) is 0 Å². The van der Waals surface area contributed by atoms with Crippen LogP contribution >= 0.6 is 11.3 Å². The second-order valence-corrected chi connectivity index (χ2v) is 9.90. The minimum absolute atomic E-state index is 0.291. The molecule has 0 aliphatic rings. The summed E-state index contributed by atoms with van der Waals surface area (Å²) in [6.45, 7) is 1.60. The summed E-state index contributed by atoms with van der Waals surface area (Å²) in [5.74, 6) is -0.291. The Morgan fingerprint density at radius 2 is 1.79 bits per heavy atom. The number of nitrogens with zero attached hydrogens (tertiary/aromatic N) is 5. The van der Waals surface area contributed by atoms with Gasteiger partial charge in [-0.1, -0.05) is 53.8 Å². The maximum atomic E-state index is 13.5. The summed E-state index contributed by atoms with van der Waals surface area (Å²) < 4.78 is 2.04. The van der Waals surface area contributed by atoms with E-state index in [1.807, 2.05) is 89.9 Å². The lowest BCUT2D eigenvalue weighted by Gasteiger charge is -2.13. The van der Waals surface area contributed by atoms with Crippen LogP contribution < -0.4 is 10.6 Å². The van der Waals surface area contributed by atoms with Gasteiger partial charge in [-0.05, 0) is 42.8 Å². The van der Waals surface area contributed by atoms with Crippen molar-refractivity contribution < 1.29 is 4.79 Å². The van der Waals surface area contributed by atoms with Crippen molar-refractivity contribution in [2.75, 3.05) is 17.2 Å². The molecule has 39 heavy (non-hydrogen) atoms. The molecule has 0 saturated carbocycles. The van der Waals surface area contributed by atoms with E-state index >= 15 is 0 Å². The van der Waals surface area contributed by atoms with Gasteiger partial charge in [0.05, 0.1) is 17.7 Å². The number of carbonyl (C=O) groups is 1. The topological polar surface area (TPSA) is 97.6 Å². The predicted octanol–water partition coefficient (Wildman–Crippen LogP) is 6.37. The number of aromatic nitrogens is 5. The molecule has 0 atom stereocenters. The van der Waals surface area contributed by atoms with Crippen molar-refractivity contribution in [3.8, 4) is 21.8 Å². The molecule has 0 unspecified atom stereocenters. The van der Waals surface area contributed by atoms with Crippen LogP contribution in [0.3, 0.4) is 0 Å². The molecule has 0 fully saturated rings.